The molecule has 0 bridgehead atoms. The van der Waals surface area contributed by atoms with Gasteiger partial charge in [0.25, 0.3) is 0 Å². The van der Waals surface area contributed by atoms with Crippen molar-refractivity contribution in [2.45, 2.75) is 25.9 Å². The van der Waals surface area contributed by atoms with Gasteiger partial charge in [0.15, 0.2) is 0 Å². The van der Waals surface area contributed by atoms with Crippen LogP contribution in [0, 0.1) is 0 Å². The Morgan fingerprint density at radius 1 is 1.12 bits per heavy atom. The first kappa shape index (κ1) is 17.9. The number of hydrogen-bond acceptors (Lipinski definition) is 3. The van der Waals surface area contributed by atoms with E-state index in [1.165, 1.54) is 8.93 Å². The molecule has 3 rings (SSSR count). The molecule has 0 spiro atoms. The second-order valence-corrected chi connectivity index (χ2v) is 8.24. The number of hydrogen-bond donors (Lipinski definition) is 0. The zero-order valence-electron chi connectivity index (χ0n) is 14.3. The van der Waals surface area contributed by atoms with Crippen LogP contribution in [0.4, 0.5) is 0 Å². The van der Waals surface area contributed by atoms with Crippen molar-refractivity contribution >= 4 is 25.4 Å². The van der Waals surface area contributed by atoms with Gasteiger partial charge in [0.1, 0.15) is 0 Å². The van der Waals surface area contributed by atoms with E-state index in [1.807, 2.05) is 31.2 Å². The number of esters is 1. The molecule has 1 heterocycles. The Hall–Kier alpha value is -1.87. The van der Waals surface area contributed by atoms with Gasteiger partial charge in [-0.05, 0) is 0 Å². The van der Waals surface area contributed by atoms with Crippen LogP contribution in [0.5, 0.6) is 0 Å². The molecule has 0 amide bonds. The zero-order chi connectivity index (χ0) is 17.5. The summed E-state index contributed by atoms with van der Waals surface area (Å²) in [5, 5.41) is 0. The van der Waals surface area contributed by atoms with Crippen LogP contribution in [0.15, 0.2) is 70.7 Å². The van der Waals surface area contributed by atoms with Crippen LogP contribution in [-0.4, -0.2) is 34.1 Å². The second-order valence-electron chi connectivity index (χ2n) is 5.90. The Morgan fingerprint density at radius 3 is 2.48 bits per heavy atom. The Labute approximate surface area is 155 Å². The predicted octanol–water partition coefficient (Wildman–Crippen LogP) is 3.39. The number of carbonyl (C=O) groups is 1. The van der Waals surface area contributed by atoms with E-state index in [4.69, 9.17) is 9.47 Å². The molecule has 1 atom stereocenters. The molecule has 130 valence electrons. The standard InChI is InChI=1S/C21H22O3Se/c1-2-9-19(22)23-14-17-15-24-20(16-10-5-3-6-11-16)21(17)25-18-12-7-4-8-13-18/h3-8,10-13,20H,2,9,14-15H2,1H3. The van der Waals surface area contributed by atoms with Crippen LogP contribution in [0.25, 0.3) is 0 Å². The molecule has 0 fully saturated rings. The molecule has 1 unspecified atom stereocenters. The topological polar surface area (TPSA) is 35.5 Å². The van der Waals surface area contributed by atoms with E-state index in [2.05, 4.69) is 36.4 Å². The molecule has 1 aliphatic rings. The van der Waals surface area contributed by atoms with Gasteiger partial charge in [0.2, 0.25) is 0 Å². The maximum atomic E-state index is 11.7. The Bertz CT molecular complexity index is 725. The minimum atomic E-state index is -0.135. The van der Waals surface area contributed by atoms with Gasteiger partial charge in [0, 0.05) is 0 Å². The van der Waals surface area contributed by atoms with Crippen LogP contribution < -0.4 is 4.46 Å². The monoisotopic (exact) mass is 402 g/mol. The fraction of sp³-hybridized carbons (Fsp3) is 0.286. The van der Waals surface area contributed by atoms with Crippen molar-refractivity contribution in [3.63, 3.8) is 0 Å². The third kappa shape index (κ3) is 4.82. The molecular weight excluding hydrogens is 379 g/mol. The average molecular weight is 401 g/mol. The van der Waals surface area contributed by atoms with E-state index in [0.717, 1.165) is 17.6 Å². The van der Waals surface area contributed by atoms with E-state index in [1.54, 1.807) is 0 Å². The van der Waals surface area contributed by atoms with Crippen LogP contribution in [-0.2, 0) is 14.3 Å². The molecule has 0 aromatic heterocycles. The summed E-state index contributed by atoms with van der Waals surface area (Å²) < 4.78 is 14.1. The first-order valence-electron chi connectivity index (χ1n) is 8.55. The summed E-state index contributed by atoms with van der Waals surface area (Å²) in [7, 11) is 0. The van der Waals surface area contributed by atoms with Crippen molar-refractivity contribution in [2.75, 3.05) is 13.2 Å². The quantitative estimate of drug-likeness (QED) is 0.527. The minimum absolute atomic E-state index is 0.0405. The summed E-state index contributed by atoms with van der Waals surface area (Å²) in [4.78, 5) is 11.7. The Morgan fingerprint density at radius 2 is 1.80 bits per heavy atom. The number of rotatable bonds is 7. The van der Waals surface area contributed by atoms with Gasteiger partial charge in [-0.3, -0.25) is 0 Å². The third-order valence-electron chi connectivity index (χ3n) is 3.95. The summed E-state index contributed by atoms with van der Waals surface area (Å²) >= 11 is 0.144. The maximum absolute atomic E-state index is 11.7. The van der Waals surface area contributed by atoms with Crippen LogP contribution in [0.1, 0.15) is 31.4 Å². The van der Waals surface area contributed by atoms with Crippen LogP contribution in [0.2, 0.25) is 0 Å². The molecular formula is C21H22O3Se. The van der Waals surface area contributed by atoms with Crippen LogP contribution in [0.3, 0.4) is 0 Å². The first-order chi connectivity index (χ1) is 12.3. The van der Waals surface area contributed by atoms with Gasteiger partial charge in [0.05, 0.1) is 0 Å². The Balaban J connectivity index is 1.83. The first-order valence-corrected chi connectivity index (χ1v) is 10.3. The number of ether oxygens (including phenoxy) is 2. The number of benzene rings is 2. The van der Waals surface area contributed by atoms with Crippen molar-refractivity contribution in [1.82, 2.24) is 0 Å². The van der Waals surface area contributed by atoms with Crippen LogP contribution >= 0.6 is 0 Å². The van der Waals surface area contributed by atoms with Gasteiger partial charge in [-0.25, -0.2) is 0 Å². The second kappa shape index (κ2) is 9.00. The molecule has 2 aromatic carbocycles. The molecule has 2 aromatic rings. The molecule has 3 nitrogen and oxygen atoms in total. The molecule has 25 heavy (non-hydrogen) atoms. The normalized spacial score (nSPS) is 16.9. The summed E-state index contributed by atoms with van der Waals surface area (Å²) in [6.45, 7) is 2.85. The summed E-state index contributed by atoms with van der Waals surface area (Å²) in [6, 6.07) is 20.7. The molecule has 0 N–H and O–H groups in total. The van der Waals surface area contributed by atoms with Gasteiger partial charge >= 0.3 is 155 Å². The number of carbonyl (C=O) groups excluding carboxylic acids is 1. The summed E-state index contributed by atoms with van der Waals surface area (Å²) in [5.74, 6) is -0.135. The van der Waals surface area contributed by atoms with Crippen molar-refractivity contribution < 1.29 is 14.3 Å². The average Bonchev–Trinajstić information content (AvgIpc) is 3.04. The molecule has 4 heteroatoms. The molecule has 0 radical (unpaired) electrons. The zero-order valence-corrected chi connectivity index (χ0v) is 16.0. The van der Waals surface area contributed by atoms with E-state index in [0.29, 0.717) is 19.6 Å². The van der Waals surface area contributed by atoms with Gasteiger partial charge < -0.3 is 0 Å². The molecule has 1 aliphatic heterocycles. The van der Waals surface area contributed by atoms with Crippen molar-refractivity contribution in [1.29, 1.82) is 0 Å². The molecule has 0 saturated heterocycles. The van der Waals surface area contributed by atoms with E-state index < -0.39 is 0 Å². The van der Waals surface area contributed by atoms with Crippen molar-refractivity contribution in [3.8, 4) is 0 Å². The van der Waals surface area contributed by atoms with Gasteiger partial charge in [-0.2, -0.15) is 0 Å². The van der Waals surface area contributed by atoms with Crippen molar-refractivity contribution in [2.24, 2.45) is 0 Å². The van der Waals surface area contributed by atoms with Gasteiger partial charge in [-0.1, -0.05) is 0 Å². The fourth-order valence-electron chi connectivity index (χ4n) is 2.69. The predicted molar refractivity (Wildman–Crippen MR) is 99.9 cm³/mol. The van der Waals surface area contributed by atoms with E-state index in [9.17, 15) is 4.79 Å². The SMILES string of the molecule is CCCC(=O)OCC1=C([Se]c2ccccc2)C(c2ccccc2)OC1. The van der Waals surface area contributed by atoms with Crippen molar-refractivity contribution in [3.05, 3.63) is 76.3 Å². The molecule has 0 aliphatic carbocycles. The third-order valence-corrected chi connectivity index (χ3v) is 6.53. The fourth-order valence-corrected chi connectivity index (χ4v) is 5.04. The molecule has 0 saturated carbocycles. The summed E-state index contributed by atoms with van der Waals surface area (Å²) in [5.41, 5.74) is 2.27. The van der Waals surface area contributed by atoms with E-state index >= 15 is 0 Å². The summed E-state index contributed by atoms with van der Waals surface area (Å²) in [6.07, 6.45) is 1.23. The van der Waals surface area contributed by atoms with Gasteiger partial charge in [-0.15, -0.1) is 0 Å². The Kier molecular flexibility index (Phi) is 6.46. The van der Waals surface area contributed by atoms with E-state index in [-0.39, 0.29) is 27.0 Å².